The molecule has 3 rings (SSSR count). The number of amides is 1. The zero-order valence-electron chi connectivity index (χ0n) is 14.1. The van der Waals surface area contributed by atoms with Crippen molar-refractivity contribution in [1.29, 1.82) is 0 Å². The van der Waals surface area contributed by atoms with Crippen molar-refractivity contribution in [3.05, 3.63) is 0 Å². The monoisotopic (exact) mass is 323 g/mol. The van der Waals surface area contributed by atoms with Gasteiger partial charge in [-0.05, 0) is 43.9 Å². The largest absolute Gasteiger partial charge is 0.480 e. The van der Waals surface area contributed by atoms with Crippen molar-refractivity contribution < 1.29 is 19.4 Å². The average Bonchev–Trinajstić information content (AvgIpc) is 2.93. The van der Waals surface area contributed by atoms with Crippen molar-refractivity contribution in [2.45, 2.75) is 82.9 Å². The van der Waals surface area contributed by atoms with Gasteiger partial charge in [-0.25, -0.2) is 4.79 Å². The quantitative estimate of drug-likeness (QED) is 0.864. The Morgan fingerprint density at radius 2 is 1.78 bits per heavy atom. The van der Waals surface area contributed by atoms with Crippen molar-refractivity contribution in [1.82, 2.24) is 4.90 Å². The summed E-state index contributed by atoms with van der Waals surface area (Å²) in [6.45, 7) is 2.23. The molecule has 0 aromatic rings. The summed E-state index contributed by atoms with van der Waals surface area (Å²) in [5.74, 6) is -0.126. The summed E-state index contributed by atoms with van der Waals surface area (Å²) in [7, 11) is 0. The molecular weight excluding hydrogens is 294 g/mol. The van der Waals surface area contributed by atoms with Crippen LogP contribution in [0.2, 0.25) is 0 Å². The number of ether oxygens (including phenoxy) is 1. The van der Waals surface area contributed by atoms with Crippen molar-refractivity contribution in [3.63, 3.8) is 0 Å². The molecule has 1 heterocycles. The SMILES string of the molecule is CC1CCCCC1OCC(=O)N1C(C(=O)O)CC2CCCCC21. The lowest BCUT2D eigenvalue weighted by Gasteiger charge is -2.34. The van der Waals surface area contributed by atoms with Gasteiger partial charge in [0.1, 0.15) is 12.6 Å². The third-order valence-corrected chi connectivity index (χ3v) is 6.11. The van der Waals surface area contributed by atoms with Gasteiger partial charge in [0.05, 0.1) is 6.10 Å². The van der Waals surface area contributed by atoms with Gasteiger partial charge in [-0.15, -0.1) is 0 Å². The lowest BCUT2D eigenvalue weighted by molar-refractivity contribution is -0.153. The van der Waals surface area contributed by atoms with Gasteiger partial charge < -0.3 is 14.7 Å². The summed E-state index contributed by atoms with van der Waals surface area (Å²) in [6.07, 6.45) is 9.60. The molecule has 3 aliphatic rings. The van der Waals surface area contributed by atoms with Gasteiger partial charge in [0, 0.05) is 6.04 Å². The van der Waals surface area contributed by atoms with Gasteiger partial charge in [-0.3, -0.25) is 4.79 Å². The predicted molar refractivity (Wildman–Crippen MR) is 86.0 cm³/mol. The molecule has 0 bridgehead atoms. The molecule has 3 fully saturated rings. The second-order valence-electron chi connectivity index (χ2n) is 7.61. The van der Waals surface area contributed by atoms with Crippen molar-refractivity contribution in [2.24, 2.45) is 11.8 Å². The normalized spacial score (nSPS) is 37.4. The number of hydrogen-bond donors (Lipinski definition) is 1. The molecule has 1 aliphatic heterocycles. The lowest BCUT2D eigenvalue weighted by atomic mass is 9.85. The van der Waals surface area contributed by atoms with Crippen LogP contribution < -0.4 is 0 Å². The maximum absolute atomic E-state index is 12.7. The van der Waals surface area contributed by atoms with Crippen LogP contribution in [-0.4, -0.2) is 46.7 Å². The van der Waals surface area contributed by atoms with E-state index in [2.05, 4.69) is 6.92 Å². The summed E-state index contributed by atoms with van der Waals surface area (Å²) in [4.78, 5) is 25.9. The highest BCUT2D eigenvalue weighted by atomic mass is 16.5. The third kappa shape index (κ3) is 3.54. The molecule has 0 aromatic heterocycles. The minimum absolute atomic E-state index is 0.0437. The number of carbonyl (C=O) groups is 2. The van der Waals surface area contributed by atoms with Crippen LogP contribution in [0.3, 0.4) is 0 Å². The first-order valence-corrected chi connectivity index (χ1v) is 9.23. The van der Waals surface area contributed by atoms with Crippen molar-refractivity contribution in [3.8, 4) is 0 Å². The van der Waals surface area contributed by atoms with E-state index in [1.807, 2.05) is 0 Å². The first-order valence-electron chi connectivity index (χ1n) is 9.23. The van der Waals surface area contributed by atoms with Gasteiger partial charge in [-0.1, -0.05) is 32.6 Å². The molecule has 0 aromatic carbocycles. The fourth-order valence-electron chi connectivity index (χ4n) is 4.82. The van der Waals surface area contributed by atoms with E-state index in [9.17, 15) is 14.7 Å². The molecule has 1 N–H and O–H groups in total. The minimum atomic E-state index is -0.862. The fraction of sp³-hybridized carbons (Fsp3) is 0.889. The molecule has 130 valence electrons. The molecule has 1 saturated heterocycles. The van der Waals surface area contributed by atoms with Crippen LogP contribution in [0.5, 0.6) is 0 Å². The van der Waals surface area contributed by atoms with Crippen LogP contribution >= 0.6 is 0 Å². The summed E-state index contributed by atoms with van der Waals surface area (Å²) < 4.78 is 5.89. The van der Waals surface area contributed by atoms with Crippen LogP contribution in [0.1, 0.15) is 64.7 Å². The Kier molecular flexibility index (Phi) is 5.24. The molecule has 5 heteroatoms. The number of rotatable bonds is 4. The van der Waals surface area contributed by atoms with E-state index in [0.29, 0.717) is 18.3 Å². The van der Waals surface area contributed by atoms with Crippen molar-refractivity contribution in [2.75, 3.05) is 6.61 Å². The summed E-state index contributed by atoms with van der Waals surface area (Å²) in [5.41, 5.74) is 0. The highest BCUT2D eigenvalue weighted by Gasteiger charge is 2.47. The molecule has 2 aliphatic carbocycles. The van der Waals surface area contributed by atoms with E-state index >= 15 is 0 Å². The maximum atomic E-state index is 12.7. The number of carboxylic acids is 1. The summed E-state index contributed by atoms with van der Waals surface area (Å²) >= 11 is 0. The van der Waals surface area contributed by atoms with E-state index in [-0.39, 0.29) is 24.7 Å². The van der Waals surface area contributed by atoms with Gasteiger partial charge in [-0.2, -0.15) is 0 Å². The van der Waals surface area contributed by atoms with Crippen LogP contribution in [-0.2, 0) is 14.3 Å². The Morgan fingerprint density at radius 1 is 1.09 bits per heavy atom. The summed E-state index contributed by atoms with van der Waals surface area (Å²) in [6, 6.07) is -0.535. The van der Waals surface area contributed by atoms with Gasteiger partial charge in [0.15, 0.2) is 0 Å². The van der Waals surface area contributed by atoms with Crippen LogP contribution in [0.15, 0.2) is 0 Å². The second-order valence-corrected chi connectivity index (χ2v) is 7.61. The minimum Gasteiger partial charge on any atom is -0.480 e. The van der Waals surface area contributed by atoms with E-state index < -0.39 is 12.0 Å². The number of carboxylic acid groups (broad SMARTS) is 1. The Labute approximate surface area is 138 Å². The average molecular weight is 323 g/mol. The number of fused-ring (bicyclic) bond motifs is 1. The molecular formula is C18H29NO4. The standard InChI is InChI=1S/C18H29NO4/c1-12-6-2-5-9-16(12)23-11-17(20)19-14-8-4-3-7-13(14)10-15(19)18(21)22/h12-16H,2-11H2,1H3,(H,21,22). The highest BCUT2D eigenvalue weighted by molar-refractivity contribution is 5.85. The molecule has 23 heavy (non-hydrogen) atoms. The number of nitrogens with zero attached hydrogens (tertiary/aromatic N) is 1. The number of aliphatic carboxylic acids is 1. The number of hydrogen-bond acceptors (Lipinski definition) is 3. The zero-order chi connectivity index (χ0) is 16.4. The molecule has 5 atom stereocenters. The Balaban J connectivity index is 1.62. The van der Waals surface area contributed by atoms with Crippen LogP contribution in [0.4, 0.5) is 0 Å². The third-order valence-electron chi connectivity index (χ3n) is 6.11. The lowest BCUT2D eigenvalue weighted by Crippen LogP contribution is -2.48. The van der Waals surface area contributed by atoms with E-state index in [1.165, 1.54) is 6.42 Å². The first kappa shape index (κ1) is 16.7. The topological polar surface area (TPSA) is 66.8 Å². The van der Waals surface area contributed by atoms with Crippen LogP contribution in [0.25, 0.3) is 0 Å². The molecule has 5 unspecified atom stereocenters. The van der Waals surface area contributed by atoms with Crippen LogP contribution in [0, 0.1) is 11.8 Å². The smallest absolute Gasteiger partial charge is 0.326 e. The van der Waals surface area contributed by atoms with E-state index in [4.69, 9.17) is 4.74 Å². The first-order chi connectivity index (χ1) is 11.1. The Bertz CT molecular complexity index is 452. The highest BCUT2D eigenvalue weighted by Crippen LogP contribution is 2.40. The van der Waals surface area contributed by atoms with Gasteiger partial charge >= 0.3 is 5.97 Å². The zero-order valence-corrected chi connectivity index (χ0v) is 14.1. The molecule has 0 radical (unpaired) electrons. The predicted octanol–water partition coefficient (Wildman–Crippen LogP) is 2.83. The Hall–Kier alpha value is -1.10. The molecule has 1 amide bonds. The van der Waals surface area contributed by atoms with E-state index in [0.717, 1.165) is 44.9 Å². The van der Waals surface area contributed by atoms with Gasteiger partial charge in [0.2, 0.25) is 5.91 Å². The fourth-order valence-corrected chi connectivity index (χ4v) is 4.82. The van der Waals surface area contributed by atoms with E-state index in [1.54, 1.807) is 4.90 Å². The number of carbonyl (C=O) groups excluding carboxylic acids is 1. The number of likely N-dealkylation sites (tertiary alicyclic amines) is 1. The molecule has 0 spiro atoms. The molecule has 2 saturated carbocycles. The summed E-state index contributed by atoms with van der Waals surface area (Å²) in [5, 5.41) is 9.50. The Morgan fingerprint density at radius 3 is 2.52 bits per heavy atom. The van der Waals surface area contributed by atoms with Gasteiger partial charge in [0.25, 0.3) is 0 Å². The maximum Gasteiger partial charge on any atom is 0.326 e. The molecule has 5 nitrogen and oxygen atoms in total. The van der Waals surface area contributed by atoms with Crippen molar-refractivity contribution >= 4 is 11.9 Å². The second kappa shape index (κ2) is 7.20.